The first-order valence-electron chi connectivity index (χ1n) is 8.58. The fourth-order valence-electron chi connectivity index (χ4n) is 3.06. The molecular weight excluding hydrogens is 374 g/mol. The molecule has 0 radical (unpaired) electrons. The molecule has 6 nitrogen and oxygen atoms in total. The molecule has 0 amide bonds. The molecule has 0 aliphatic rings. The van der Waals surface area contributed by atoms with Crippen LogP contribution in [0.4, 0.5) is 0 Å². The van der Waals surface area contributed by atoms with E-state index in [1.54, 1.807) is 37.6 Å². The second kappa shape index (κ2) is 6.98. The zero-order chi connectivity index (χ0) is 19.8. The number of benzene rings is 1. The zero-order valence-corrected chi connectivity index (χ0v) is 16.1. The molecule has 0 N–H and O–H groups in total. The molecule has 0 unspecified atom stereocenters. The molecule has 138 valence electrons. The van der Waals surface area contributed by atoms with Crippen molar-refractivity contribution in [2.75, 3.05) is 0 Å². The Bertz CT molecular complexity index is 1300. The number of rotatable bonds is 3. The lowest BCUT2D eigenvalue weighted by molar-refractivity contribution is 1.02. The molecule has 7 heteroatoms. The van der Waals surface area contributed by atoms with Crippen LogP contribution < -0.4 is 5.56 Å². The van der Waals surface area contributed by atoms with E-state index in [9.17, 15) is 4.79 Å². The van der Waals surface area contributed by atoms with E-state index in [0.29, 0.717) is 27.6 Å². The summed E-state index contributed by atoms with van der Waals surface area (Å²) >= 11 is 6.54. The molecule has 0 atom stereocenters. The summed E-state index contributed by atoms with van der Waals surface area (Å²) in [5.74, 6) is 0.580. The van der Waals surface area contributed by atoms with Crippen molar-refractivity contribution in [3.8, 4) is 22.4 Å². The Labute approximate surface area is 166 Å². The molecule has 0 saturated heterocycles. The lowest BCUT2D eigenvalue weighted by atomic mass is 10.0. The second-order valence-electron chi connectivity index (χ2n) is 6.35. The maximum Gasteiger partial charge on any atom is 0.264 e. The minimum atomic E-state index is -0.245. The van der Waals surface area contributed by atoms with Crippen molar-refractivity contribution in [2.45, 2.75) is 13.8 Å². The zero-order valence-electron chi connectivity index (χ0n) is 15.3. The van der Waals surface area contributed by atoms with Crippen LogP contribution in [0.1, 0.15) is 11.5 Å². The van der Waals surface area contributed by atoms with Crippen LogP contribution in [0.15, 0.2) is 54.2 Å². The average molecular weight is 390 g/mol. The van der Waals surface area contributed by atoms with E-state index >= 15 is 0 Å². The second-order valence-corrected chi connectivity index (χ2v) is 6.76. The number of aryl methyl sites for hydroxylation is 2. The molecule has 1 aromatic carbocycles. The van der Waals surface area contributed by atoms with Crippen LogP contribution in [-0.2, 0) is 0 Å². The van der Waals surface area contributed by atoms with Crippen LogP contribution in [0.3, 0.4) is 0 Å². The van der Waals surface area contributed by atoms with Crippen LogP contribution in [-0.4, -0.2) is 24.5 Å². The van der Waals surface area contributed by atoms with E-state index in [-0.39, 0.29) is 5.56 Å². The normalized spacial score (nSPS) is 11.0. The minimum Gasteiger partial charge on any atom is -0.268 e. The summed E-state index contributed by atoms with van der Waals surface area (Å²) < 4.78 is 1.41. The van der Waals surface area contributed by atoms with Gasteiger partial charge in [-0.05, 0) is 26.0 Å². The van der Waals surface area contributed by atoms with Gasteiger partial charge in [-0.2, -0.15) is 0 Å². The van der Waals surface area contributed by atoms with Gasteiger partial charge in [0.25, 0.3) is 5.56 Å². The van der Waals surface area contributed by atoms with Crippen molar-refractivity contribution in [1.29, 1.82) is 0 Å². The number of aromatic nitrogens is 5. The standard InChI is InChI=1S/C21H16ClN5O/c1-4-27-20-15(10-24-13(3)26-20)7-17(21(27)28)16-6-5-14(8-18(16)22)19-11-23-9-12(2)25-19/h4-11H,1H2,2-3H3. The van der Waals surface area contributed by atoms with Crippen LogP contribution in [0.2, 0.25) is 5.02 Å². The smallest absolute Gasteiger partial charge is 0.264 e. The predicted molar refractivity (Wildman–Crippen MR) is 111 cm³/mol. The number of halogens is 1. The summed E-state index contributed by atoms with van der Waals surface area (Å²) in [6.45, 7) is 7.40. The van der Waals surface area contributed by atoms with Crippen LogP contribution in [0, 0.1) is 13.8 Å². The monoisotopic (exact) mass is 389 g/mol. The minimum absolute atomic E-state index is 0.245. The van der Waals surface area contributed by atoms with Crippen LogP contribution >= 0.6 is 11.6 Å². The van der Waals surface area contributed by atoms with Gasteiger partial charge in [-0.1, -0.05) is 30.3 Å². The summed E-state index contributed by atoms with van der Waals surface area (Å²) in [5, 5.41) is 1.17. The Kier molecular flexibility index (Phi) is 4.49. The summed E-state index contributed by atoms with van der Waals surface area (Å²) in [6, 6.07) is 7.23. The molecule has 28 heavy (non-hydrogen) atoms. The lowest BCUT2D eigenvalue weighted by Crippen LogP contribution is -2.19. The van der Waals surface area contributed by atoms with E-state index in [1.165, 1.54) is 10.8 Å². The van der Waals surface area contributed by atoms with Crippen molar-refractivity contribution in [2.24, 2.45) is 0 Å². The third-order valence-corrected chi connectivity index (χ3v) is 4.70. The molecule has 0 spiro atoms. The average Bonchev–Trinajstić information content (AvgIpc) is 2.68. The summed E-state index contributed by atoms with van der Waals surface area (Å²) in [6.07, 6.45) is 6.51. The molecule has 4 rings (SSSR count). The number of hydrogen-bond acceptors (Lipinski definition) is 5. The van der Waals surface area contributed by atoms with Gasteiger partial charge in [0.15, 0.2) is 5.65 Å². The highest BCUT2D eigenvalue weighted by Gasteiger charge is 2.15. The van der Waals surface area contributed by atoms with Crippen molar-refractivity contribution in [3.05, 3.63) is 76.3 Å². The molecule has 0 aliphatic carbocycles. The topological polar surface area (TPSA) is 73.6 Å². The first-order valence-corrected chi connectivity index (χ1v) is 8.96. The van der Waals surface area contributed by atoms with E-state index in [1.807, 2.05) is 19.1 Å². The summed E-state index contributed by atoms with van der Waals surface area (Å²) in [4.78, 5) is 30.2. The third-order valence-electron chi connectivity index (χ3n) is 4.39. The molecule has 0 bridgehead atoms. The van der Waals surface area contributed by atoms with Crippen molar-refractivity contribution in [3.63, 3.8) is 0 Å². The molecule has 4 aromatic rings. The van der Waals surface area contributed by atoms with Crippen molar-refractivity contribution in [1.82, 2.24) is 24.5 Å². The van der Waals surface area contributed by atoms with E-state index < -0.39 is 0 Å². The first-order chi connectivity index (χ1) is 13.5. The Hall–Kier alpha value is -3.38. The number of pyridine rings is 1. The van der Waals surface area contributed by atoms with Gasteiger partial charge in [-0.3, -0.25) is 14.3 Å². The van der Waals surface area contributed by atoms with Gasteiger partial charge in [0, 0.05) is 45.7 Å². The maximum atomic E-state index is 13.0. The number of fused-ring (bicyclic) bond motifs is 1. The molecule has 0 aliphatic heterocycles. The van der Waals surface area contributed by atoms with E-state index in [4.69, 9.17) is 11.6 Å². The van der Waals surface area contributed by atoms with Gasteiger partial charge in [0.1, 0.15) is 5.82 Å². The Morgan fingerprint density at radius 3 is 2.61 bits per heavy atom. The number of nitrogens with zero attached hydrogens (tertiary/aromatic N) is 5. The summed E-state index contributed by atoms with van der Waals surface area (Å²) in [7, 11) is 0. The van der Waals surface area contributed by atoms with Gasteiger partial charge in [0.05, 0.1) is 17.6 Å². The number of hydrogen-bond donors (Lipinski definition) is 0. The predicted octanol–water partition coefficient (Wildman–Crippen LogP) is 4.29. The Morgan fingerprint density at radius 1 is 1.07 bits per heavy atom. The molecular formula is C21H16ClN5O. The molecule has 3 aromatic heterocycles. The molecule has 0 saturated carbocycles. The highest BCUT2D eigenvalue weighted by atomic mass is 35.5. The van der Waals surface area contributed by atoms with Crippen LogP contribution in [0.25, 0.3) is 39.6 Å². The van der Waals surface area contributed by atoms with E-state index in [2.05, 4.69) is 26.5 Å². The van der Waals surface area contributed by atoms with Gasteiger partial charge < -0.3 is 0 Å². The van der Waals surface area contributed by atoms with Crippen molar-refractivity contribution >= 4 is 28.8 Å². The SMILES string of the molecule is C=Cn1c(=O)c(-c2ccc(-c3cncc(C)n3)cc2Cl)cc2cnc(C)nc21. The van der Waals surface area contributed by atoms with Crippen LogP contribution in [0.5, 0.6) is 0 Å². The van der Waals surface area contributed by atoms with Gasteiger partial charge in [-0.15, -0.1) is 0 Å². The molecule has 0 fully saturated rings. The van der Waals surface area contributed by atoms with Gasteiger partial charge in [0.2, 0.25) is 0 Å². The van der Waals surface area contributed by atoms with Crippen molar-refractivity contribution < 1.29 is 0 Å². The highest BCUT2D eigenvalue weighted by Crippen LogP contribution is 2.31. The Balaban J connectivity index is 1.91. The quantitative estimate of drug-likeness (QED) is 0.522. The third kappa shape index (κ3) is 3.08. The lowest BCUT2D eigenvalue weighted by Gasteiger charge is -2.11. The van der Waals surface area contributed by atoms with E-state index in [0.717, 1.165) is 22.3 Å². The fourth-order valence-corrected chi connectivity index (χ4v) is 3.35. The Morgan fingerprint density at radius 2 is 1.89 bits per heavy atom. The maximum absolute atomic E-state index is 13.0. The van der Waals surface area contributed by atoms with Gasteiger partial charge in [-0.25, -0.2) is 15.0 Å². The largest absolute Gasteiger partial charge is 0.268 e. The molecule has 3 heterocycles. The highest BCUT2D eigenvalue weighted by molar-refractivity contribution is 6.33. The summed E-state index contributed by atoms with van der Waals surface area (Å²) in [5.41, 5.74) is 3.70. The fraction of sp³-hybridized carbons (Fsp3) is 0.0952. The van der Waals surface area contributed by atoms with Gasteiger partial charge >= 0.3 is 0 Å². The first kappa shape index (κ1) is 18.0.